The summed E-state index contributed by atoms with van der Waals surface area (Å²) in [6, 6.07) is 7.47. The lowest BCUT2D eigenvalue weighted by Gasteiger charge is -2.06. The van der Waals surface area contributed by atoms with E-state index in [9.17, 15) is 4.79 Å². The topological polar surface area (TPSA) is 57.8 Å². The van der Waals surface area contributed by atoms with Gasteiger partial charge in [-0.3, -0.25) is 9.89 Å². The van der Waals surface area contributed by atoms with E-state index in [1.807, 2.05) is 31.2 Å². The summed E-state index contributed by atoms with van der Waals surface area (Å²) >= 11 is 3.39. The van der Waals surface area contributed by atoms with Crippen LogP contribution in [0.25, 0.3) is 0 Å². The Balaban J connectivity index is 2.04. The van der Waals surface area contributed by atoms with Crippen LogP contribution in [0.2, 0.25) is 0 Å². The minimum absolute atomic E-state index is 0.105. The van der Waals surface area contributed by atoms with E-state index in [-0.39, 0.29) is 5.91 Å². The molecule has 0 saturated heterocycles. The molecule has 0 atom stereocenters. The Hall–Kier alpha value is -1.62. The Bertz CT molecular complexity index is 523. The van der Waals surface area contributed by atoms with Crippen molar-refractivity contribution in [2.45, 2.75) is 13.5 Å². The molecule has 1 heterocycles. The number of hydrogen-bond acceptors (Lipinski definition) is 2. The fourth-order valence-electron chi connectivity index (χ4n) is 1.46. The second-order valence-electron chi connectivity index (χ2n) is 3.75. The molecule has 88 valence electrons. The van der Waals surface area contributed by atoms with Crippen LogP contribution in [0.1, 0.15) is 21.6 Å². The second kappa shape index (κ2) is 5.14. The molecule has 0 saturated carbocycles. The SMILES string of the molecule is Cc1ccc(C(=O)NCc2ccn[nH]2)c(Br)c1. The van der Waals surface area contributed by atoms with Crippen molar-refractivity contribution in [3.63, 3.8) is 0 Å². The Morgan fingerprint density at radius 1 is 1.47 bits per heavy atom. The van der Waals surface area contributed by atoms with Crippen LogP contribution in [0.15, 0.2) is 34.9 Å². The molecule has 0 radical (unpaired) electrons. The van der Waals surface area contributed by atoms with E-state index in [1.54, 1.807) is 6.20 Å². The molecule has 0 spiro atoms. The number of H-pyrrole nitrogens is 1. The fraction of sp³-hybridized carbons (Fsp3) is 0.167. The predicted octanol–water partition coefficient (Wildman–Crippen LogP) is 2.41. The first-order valence-corrected chi connectivity index (χ1v) is 5.99. The molecule has 1 amide bonds. The van der Waals surface area contributed by atoms with Gasteiger partial charge >= 0.3 is 0 Å². The molecule has 2 rings (SSSR count). The number of rotatable bonds is 3. The normalized spacial score (nSPS) is 10.2. The first kappa shape index (κ1) is 11.9. The summed E-state index contributed by atoms with van der Waals surface area (Å²) in [5.74, 6) is -0.105. The van der Waals surface area contributed by atoms with Crippen LogP contribution >= 0.6 is 15.9 Å². The highest BCUT2D eigenvalue weighted by Gasteiger charge is 2.09. The van der Waals surface area contributed by atoms with E-state index < -0.39 is 0 Å². The number of aromatic amines is 1. The quantitative estimate of drug-likeness (QED) is 0.913. The molecule has 2 N–H and O–H groups in total. The van der Waals surface area contributed by atoms with Crippen LogP contribution < -0.4 is 5.32 Å². The third-order valence-electron chi connectivity index (χ3n) is 2.37. The maximum absolute atomic E-state index is 11.9. The lowest BCUT2D eigenvalue weighted by Crippen LogP contribution is -2.23. The van der Waals surface area contributed by atoms with E-state index in [0.717, 1.165) is 15.7 Å². The number of nitrogens with zero attached hydrogens (tertiary/aromatic N) is 1. The molecule has 0 aliphatic heterocycles. The monoisotopic (exact) mass is 293 g/mol. The number of benzene rings is 1. The van der Waals surface area contributed by atoms with Gasteiger partial charge in [0.25, 0.3) is 5.91 Å². The van der Waals surface area contributed by atoms with E-state index in [2.05, 4.69) is 31.4 Å². The summed E-state index contributed by atoms with van der Waals surface area (Å²) in [7, 11) is 0. The highest BCUT2D eigenvalue weighted by Crippen LogP contribution is 2.18. The zero-order valence-corrected chi connectivity index (χ0v) is 10.9. The van der Waals surface area contributed by atoms with Gasteiger partial charge in [-0.05, 0) is 46.6 Å². The third-order valence-corrected chi connectivity index (χ3v) is 3.02. The Morgan fingerprint density at radius 3 is 2.94 bits per heavy atom. The summed E-state index contributed by atoms with van der Waals surface area (Å²) in [5.41, 5.74) is 2.62. The van der Waals surface area contributed by atoms with Crippen LogP contribution in [0.3, 0.4) is 0 Å². The zero-order chi connectivity index (χ0) is 12.3. The number of carbonyl (C=O) groups excluding carboxylic acids is 1. The van der Waals surface area contributed by atoms with Gasteiger partial charge in [0.2, 0.25) is 0 Å². The minimum Gasteiger partial charge on any atom is -0.346 e. The molecule has 0 unspecified atom stereocenters. The number of halogens is 1. The Morgan fingerprint density at radius 2 is 2.29 bits per heavy atom. The largest absolute Gasteiger partial charge is 0.346 e. The van der Waals surface area contributed by atoms with Gasteiger partial charge in [-0.15, -0.1) is 0 Å². The molecule has 0 fully saturated rings. The molecule has 1 aromatic carbocycles. The van der Waals surface area contributed by atoms with Gasteiger partial charge < -0.3 is 5.32 Å². The first-order chi connectivity index (χ1) is 8.16. The molecule has 0 bridgehead atoms. The molecule has 4 nitrogen and oxygen atoms in total. The molecule has 0 aliphatic rings. The number of hydrogen-bond donors (Lipinski definition) is 2. The molecule has 17 heavy (non-hydrogen) atoms. The number of amides is 1. The van der Waals surface area contributed by atoms with E-state index >= 15 is 0 Å². The van der Waals surface area contributed by atoms with E-state index in [1.165, 1.54) is 0 Å². The van der Waals surface area contributed by atoms with Crippen molar-refractivity contribution >= 4 is 21.8 Å². The van der Waals surface area contributed by atoms with Crippen molar-refractivity contribution in [2.75, 3.05) is 0 Å². The van der Waals surface area contributed by atoms with Crippen molar-refractivity contribution in [1.82, 2.24) is 15.5 Å². The highest BCUT2D eigenvalue weighted by atomic mass is 79.9. The van der Waals surface area contributed by atoms with Gasteiger partial charge in [-0.1, -0.05) is 6.07 Å². The van der Waals surface area contributed by atoms with Gasteiger partial charge in [0, 0.05) is 10.7 Å². The summed E-state index contributed by atoms with van der Waals surface area (Å²) < 4.78 is 0.805. The number of aromatic nitrogens is 2. The highest BCUT2D eigenvalue weighted by molar-refractivity contribution is 9.10. The van der Waals surface area contributed by atoms with Crippen molar-refractivity contribution in [3.8, 4) is 0 Å². The minimum atomic E-state index is -0.105. The molecular weight excluding hydrogens is 282 g/mol. The van der Waals surface area contributed by atoms with Crippen LogP contribution in [-0.4, -0.2) is 16.1 Å². The molecular formula is C12H12BrN3O. The number of carbonyl (C=O) groups is 1. The number of nitrogens with one attached hydrogen (secondary N) is 2. The molecule has 5 heteroatoms. The van der Waals surface area contributed by atoms with Crippen molar-refractivity contribution in [2.24, 2.45) is 0 Å². The lowest BCUT2D eigenvalue weighted by atomic mass is 10.1. The van der Waals surface area contributed by atoms with E-state index in [4.69, 9.17) is 0 Å². The predicted molar refractivity (Wildman–Crippen MR) is 68.6 cm³/mol. The molecule has 1 aromatic heterocycles. The van der Waals surface area contributed by atoms with Crippen molar-refractivity contribution in [3.05, 3.63) is 51.8 Å². The Kier molecular flexibility index (Phi) is 3.58. The third kappa shape index (κ3) is 2.94. The standard InChI is InChI=1S/C12H12BrN3O/c1-8-2-3-10(11(13)6-8)12(17)14-7-9-4-5-15-16-9/h2-6H,7H2,1H3,(H,14,17)(H,15,16). The van der Waals surface area contributed by atoms with Crippen LogP contribution in [0, 0.1) is 6.92 Å². The van der Waals surface area contributed by atoms with Gasteiger partial charge in [0.1, 0.15) is 0 Å². The second-order valence-corrected chi connectivity index (χ2v) is 4.60. The molecule has 0 aliphatic carbocycles. The van der Waals surface area contributed by atoms with Gasteiger partial charge in [-0.2, -0.15) is 5.10 Å². The smallest absolute Gasteiger partial charge is 0.252 e. The number of aryl methyl sites for hydroxylation is 1. The first-order valence-electron chi connectivity index (χ1n) is 5.19. The van der Waals surface area contributed by atoms with Gasteiger partial charge in [0.15, 0.2) is 0 Å². The van der Waals surface area contributed by atoms with Crippen molar-refractivity contribution in [1.29, 1.82) is 0 Å². The summed E-state index contributed by atoms with van der Waals surface area (Å²) in [6.07, 6.45) is 1.66. The maximum atomic E-state index is 11.9. The van der Waals surface area contributed by atoms with Gasteiger partial charge in [0.05, 0.1) is 17.8 Å². The molecule has 2 aromatic rings. The van der Waals surface area contributed by atoms with Crippen molar-refractivity contribution < 1.29 is 4.79 Å². The van der Waals surface area contributed by atoms with Gasteiger partial charge in [-0.25, -0.2) is 0 Å². The summed E-state index contributed by atoms with van der Waals surface area (Å²) in [6.45, 7) is 2.43. The summed E-state index contributed by atoms with van der Waals surface area (Å²) in [4.78, 5) is 11.9. The summed E-state index contributed by atoms with van der Waals surface area (Å²) in [5, 5.41) is 9.43. The maximum Gasteiger partial charge on any atom is 0.252 e. The average Bonchev–Trinajstić information content (AvgIpc) is 2.78. The van der Waals surface area contributed by atoms with Crippen LogP contribution in [0.4, 0.5) is 0 Å². The zero-order valence-electron chi connectivity index (χ0n) is 9.33. The van der Waals surface area contributed by atoms with E-state index in [0.29, 0.717) is 12.1 Å². The lowest BCUT2D eigenvalue weighted by molar-refractivity contribution is 0.0949. The average molecular weight is 294 g/mol. The fourth-order valence-corrected chi connectivity index (χ4v) is 2.13. The van der Waals surface area contributed by atoms with Crippen LogP contribution in [-0.2, 0) is 6.54 Å². The Labute approximate surface area is 108 Å². The van der Waals surface area contributed by atoms with Crippen LogP contribution in [0.5, 0.6) is 0 Å².